The van der Waals surface area contributed by atoms with E-state index in [1.807, 2.05) is 18.2 Å². The number of halogens is 1. The van der Waals surface area contributed by atoms with E-state index in [2.05, 4.69) is 0 Å². The van der Waals surface area contributed by atoms with Crippen molar-refractivity contribution in [1.82, 2.24) is 0 Å². The molecule has 1 aliphatic rings. The van der Waals surface area contributed by atoms with Crippen molar-refractivity contribution in [3.8, 4) is 0 Å². The van der Waals surface area contributed by atoms with Crippen molar-refractivity contribution in [3.63, 3.8) is 0 Å². The highest BCUT2D eigenvalue weighted by Crippen LogP contribution is 2.30. The van der Waals surface area contributed by atoms with Crippen LogP contribution in [0.1, 0.15) is 24.5 Å². The minimum Gasteiger partial charge on any atom is -0.386 e. The second-order valence-corrected chi connectivity index (χ2v) is 3.93. The van der Waals surface area contributed by atoms with Gasteiger partial charge >= 0.3 is 0 Å². The van der Waals surface area contributed by atoms with Crippen molar-refractivity contribution >= 4 is 11.6 Å². The SMILES string of the molecule is O[C@H](c1ccccc1Cl)[C@H]1CCCO1. The van der Waals surface area contributed by atoms with Crippen molar-refractivity contribution in [3.05, 3.63) is 34.9 Å². The Morgan fingerprint density at radius 1 is 1.43 bits per heavy atom. The van der Waals surface area contributed by atoms with Crippen LogP contribution >= 0.6 is 11.6 Å². The van der Waals surface area contributed by atoms with Crippen molar-refractivity contribution in [2.45, 2.75) is 25.0 Å². The fourth-order valence-corrected chi connectivity index (χ4v) is 2.01. The molecule has 1 aliphatic heterocycles. The van der Waals surface area contributed by atoms with E-state index in [-0.39, 0.29) is 6.10 Å². The third-order valence-corrected chi connectivity index (χ3v) is 2.89. The van der Waals surface area contributed by atoms with Gasteiger partial charge in [-0.25, -0.2) is 0 Å². The summed E-state index contributed by atoms with van der Waals surface area (Å²) in [5.41, 5.74) is 0.765. The van der Waals surface area contributed by atoms with Crippen molar-refractivity contribution in [1.29, 1.82) is 0 Å². The van der Waals surface area contributed by atoms with Gasteiger partial charge in [-0.05, 0) is 18.9 Å². The largest absolute Gasteiger partial charge is 0.386 e. The quantitative estimate of drug-likeness (QED) is 0.817. The van der Waals surface area contributed by atoms with Crippen LogP contribution in [0.3, 0.4) is 0 Å². The van der Waals surface area contributed by atoms with E-state index in [4.69, 9.17) is 16.3 Å². The summed E-state index contributed by atoms with van der Waals surface area (Å²) in [6.07, 6.45) is 1.25. The van der Waals surface area contributed by atoms with Crippen LogP contribution in [-0.4, -0.2) is 17.8 Å². The normalized spacial score (nSPS) is 23.7. The average Bonchev–Trinajstić information content (AvgIpc) is 2.70. The van der Waals surface area contributed by atoms with Gasteiger partial charge < -0.3 is 9.84 Å². The van der Waals surface area contributed by atoms with Gasteiger partial charge in [-0.15, -0.1) is 0 Å². The standard InChI is InChI=1S/C11H13ClO2/c12-9-5-2-1-4-8(9)11(13)10-6-3-7-14-10/h1-2,4-5,10-11,13H,3,6-7H2/t10-,11-/m1/s1. The van der Waals surface area contributed by atoms with E-state index >= 15 is 0 Å². The second kappa shape index (κ2) is 4.30. The Kier molecular flexibility index (Phi) is 3.06. The maximum absolute atomic E-state index is 9.99. The molecule has 0 aromatic heterocycles. The molecule has 76 valence electrons. The molecular formula is C11H13ClO2. The summed E-state index contributed by atoms with van der Waals surface area (Å²) >= 11 is 5.98. The zero-order valence-electron chi connectivity index (χ0n) is 7.82. The topological polar surface area (TPSA) is 29.5 Å². The van der Waals surface area contributed by atoms with Gasteiger partial charge in [0, 0.05) is 17.2 Å². The lowest BCUT2D eigenvalue weighted by Gasteiger charge is -2.18. The Morgan fingerprint density at radius 2 is 2.21 bits per heavy atom. The fourth-order valence-electron chi connectivity index (χ4n) is 1.77. The summed E-state index contributed by atoms with van der Waals surface area (Å²) in [6, 6.07) is 7.36. The zero-order chi connectivity index (χ0) is 9.97. The third kappa shape index (κ3) is 1.92. The number of ether oxygens (including phenoxy) is 1. The molecule has 3 heteroatoms. The van der Waals surface area contributed by atoms with E-state index in [0.717, 1.165) is 25.0 Å². The molecule has 14 heavy (non-hydrogen) atoms. The first kappa shape index (κ1) is 9.97. The summed E-state index contributed by atoms with van der Waals surface area (Å²) in [5, 5.41) is 10.6. The average molecular weight is 213 g/mol. The molecule has 2 rings (SSSR count). The molecule has 1 N–H and O–H groups in total. The molecule has 0 amide bonds. The minimum absolute atomic E-state index is 0.0881. The van der Waals surface area contributed by atoms with Crippen LogP contribution in [-0.2, 0) is 4.74 Å². The Hall–Kier alpha value is -0.570. The van der Waals surface area contributed by atoms with Gasteiger partial charge in [-0.3, -0.25) is 0 Å². The molecule has 0 bridgehead atoms. The van der Waals surface area contributed by atoms with E-state index in [1.165, 1.54) is 0 Å². The number of benzene rings is 1. The van der Waals surface area contributed by atoms with Crippen LogP contribution in [0.15, 0.2) is 24.3 Å². The highest BCUT2D eigenvalue weighted by atomic mass is 35.5. The van der Waals surface area contributed by atoms with Gasteiger partial charge in [0.15, 0.2) is 0 Å². The molecule has 2 atom stereocenters. The Labute approximate surface area is 88.5 Å². The summed E-state index contributed by atoms with van der Waals surface area (Å²) in [5.74, 6) is 0. The first-order valence-corrected chi connectivity index (χ1v) is 5.21. The Morgan fingerprint density at radius 3 is 2.86 bits per heavy atom. The minimum atomic E-state index is -0.591. The monoisotopic (exact) mass is 212 g/mol. The Bertz CT molecular complexity index is 308. The zero-order valence-corrected chi connectivity index (χ0v) is 8.57. The number of rotatable bonds is 2. The molecule has 0 aliphatic carbocycles. The van der Waals surface area contributed by atoms with E-state index in [9.17, 15) is 5.11 Å². The van der Waals surface area contributed by atoms with E-state index in [1.54, 1.807) is 6.07 Å². The maximum atomic E-state index is 9.99. The number of aliphatic hydroxyl groups is 1. The molecule has 1 fully saturated rings. The van der Waals surface area contributed by atoms with Gasteiger partial charge in [0.1, 0.15) is 6.10 Å². The fraction of sp³-hybridized carbons (Fsp3) is 0.455. The summed E-state index contributed by atoms with van der Waals surface area (Å²) in [7, 11) is 0. The first-order valence-electron chi connectivity index (χ1n) is 4.83. The van der Waals surface area contributed by atoms with Gasteiger partial charge in [0.2, 0.25) is 0 Å². The molecule has 0 radical (unpaired) electrons. The molecule has 1 heterocycles. The lowest BCUT2D eigenvalue weighted by Crippen LogP contribution is -2.17. The summed E-state index contributed by atoms with van der Waals surface area (Å²) < 4.78 is 5.42. The molecule has 0 unspecified atom stereocenters. The molecule has 2 nitrogen and oxygen atoms in total. The molecular weight excluding hydrogens is 200 g/mol. The van der Waals surface area contributed by atoms with Crippen LogP contribution in [0, 0.1) is 0 Å². The van der Waals surface area contributed by atoms with Crippen LogP contribution in [0.25, 0.3) is 0 Å². The maximum Gasteiger partial charge on any atom is 0.107 e. The lowest BCUT2D eigenvalue weighted by molar-refractivity contribution is -0.00253. The Balaban J connectivity index is 2.17. The van der Waals surface area contributed by atoms with Crippen LogP contribution in [0.2, 0.25) is 5.02 Å². The number of aliphatic hydroxyl groups excluding tert-OH is 1. The summed E-state index contributed by atoms with van der Waals surface area (Å²) in [4.78, 5) is 0. The van der Waals surface area contributed by atoms with Gasteiger partial charge in [0.05, 0.1) is 6.10 Å². The van der Waals surface area contributed by atoms with Gasteiger partial charge in [0.25, 0.3) is 0 Å². The predicted octanol–water partition coefficient (Wildman–Crippen LogP) is 2.55. The van der Waals surface area contributed by atoms with Crippen molar-refractivity contribution < 1.29 is 9.84 Å². The molecule has 1 aromatic rings. The highest BCUT2D eigenvalue weighted by molar-refractivity contribution is 6.31. The van der Waals surface area contributed by atoms with Gasteiger partial charge in [-0.2, -0.15) is 0 Å². The summed E-state index contributed by atoms with van der Waals surface area (Å²) in [6.45, 7) is 0.742. The number of hydrogen-bond donors (Lipinski definition) is 1. The number of hydrogen-bond acceptors (Lipinski definition) is 2. The van der Waals surface area contributed by atoms with Crippen molar-refractivity contribution in [2.24, 2.45) is 0 Å². The van der Waals surface area contributed by atoms with E-state index < -0.39 is 6.10 Å². The van der Waals surface area contributed by atoms with Crippen LogP contribution in [0.4, 0.5) is 0 Å². The highest BCUT2D eigenvalue weighted by Gasteiger charge is 2.26. The predicted molar refractivity (Wildman–Crippen MR) is 55.4 cm³/mol. The van der Waals surface area contributed by atoms with Crippen LogP contribution < -0.4 is 0 Å². The molecule has 0 saturated carbocycles. The molecule has 0 spiro atoms. The van der Waals surface area contributed by atoms with Crippen LogP contribution in [0.5, 0.6) is 0 Å². The first-order chi connectivity index (χ1) is 6.79. The lowest BCUT2D eigenvalue weighted by atomic mass is 10.0. The third-order valence-electron chi connectivity index (χ3n) is 2.54. The second-order valence-electron chi connectivity index (χ2n) is 3.52. The smallest absolute Gasteiger partial charge is 0.107 e. The molecule has 1 saturated heterocycles. The van der Waals surface area contributed by atoms with Crippen molar-refractivity contribution in [2.75, 3.05) is 6.61 Å². The molecule has 1 aromatic carbocycles. The van der Waals surface area contributed by atoms with Gasteiger partial charge in [-0.1, -0.05) is 29.8 Å². The van der Waals surface area contributed by atoms with E-state index in [0.29, 0.717) is 5.02 Å².